The number of hydrogen-bond donors (Lipinski definition) is 21. The van der Waals surface area contributed by atoms with Crippen LogP contribution in [-0.2, 0) is 112 Å². The molecule has 0 bridgehead atoms. The van der Waals surface area contributed by atoms with Gasteiger partial charge in [-0.2, -0.15) is 0 Å². The van der Waals surface area contributed by atoms with E-state index in [0.29, 0.717) is 40.1 Å². The van der Waals surface area contributed by atoms with Crippen molar-refractivity contribution in [1.82, 2.24) is 73.7 Å². The van der Waals surface area contributed by atoms with Crippen LogP contribution in [0.25, 0.3) is 10.9 Å². The first-order valence-corrected chi connectivity index (χ1v) is 38.4. The number of hydrogen-bond acceptors (Lipinski definition) is 24. The van der Waals surface area contributed by atoms with Crippen LogP contribution in [-0.4, -0.2) is 272 Å². The number of aliphatic carboxylic acids is 4. The summed E-state index contributed by atoms with van der Waals surface area (Å²) in [5, 5.41) is 78.5. The monoisotopic (exact) mass is 1670 g/mol. The fraction of sp³-hybridized carbons (Fsp3) is 0.622. The van der Waals surface area contributed by atoms with Crippen LogP contribution in [0.4, 0.5) is 0 Å². The predicted molar refractivity (Wildman–Crippen MR) is 413 cm³/mol. The van der Waals surface area contributed by atoms with E-state index >= 15 is 4.79 Å². The lowest BCUT2D eigenvalue weighted by Crippen LogP contribution is -2.64. The number of nitrogens with zero attached hydrogens (tertiary/aromatic N) is 1. The normalized spacial score (nSPS) is 22.2. The van der Waals surface area contributed by atoms with E-state index in [9.17, 15) is 117 Å². The van der Waals surface area contributed by atoms with Crippen molar-refractivity contribution in [1.29, 1.82) is 0 Å². The maximum atomic E-state index is 15.0. The number of rotatable bonds is 38. The van der Waals surface area contributed by atoms with Crippen molar-refractivity contribution in [2.45, 2.75) is 242 Å². The molecule has 44 nitrogen and oxygen atoms in total. The number of H-pyrrole nitrogens is 1. The summed E-state index contributed by atoms with van der Waals surface area (Å²) in [6.07, 6.45) is -6.14. The van der Waals surface area contributed by atoms with Gasteiger partial charge in [-0.05, 0) is 81.9 Å². The molecule has 0 spiro atoms. The van der Waals surface area contributed by atoms with Gasteiger partial charge in [0.2, 0.25) is 88.6 Å². The van der Waals surface area contributed by atoms with Crippen LogP contribution in [0.15, 0.2) is 30.5 Å². The number of ether oxygens (including phenoxy) is 2. The van der Waals surface area contributed by atoms with E-state index in [1.54, 1.807) is 30.5 Å². The summed E-state index contributed by atoms with van der Waals surface area (Å²) in [4.78, 5) is 278. The van der Waals surface area contributed by atoms with Crippen LogP contribution in [0.1, 0.15) is 157 Å². The van der Waals surface area contributed by atoms with Crippen molar-refractivity contribution in [3.63, 3.8) is 0 Å². The maximum Gasteiger partial charge on any atom is 0.335 e. The van der Waals surface area contributed by atoms with Gasteiger partial charge >= 0.3 is 29.8 Å². The van der Waals surface area contributed by atoms with Crippen molar-refractivity contribution < 1.29 is 131 Å². The standard InChI is InChI=1S/C74H113N17O27/c1-10-35(3)20-14-12-13-15-24-49(93)81-45(29-40-32-78-42-22-17-16-21-41(40)42)66(107)84-44(25-26-52(96)97)65(106)89-58(60(102)62(77)103)71(112)88-57-39(7)118-74(116)56(36(4)11-2)87-70(111)55(37(5)28-53(98)99)86-68(109)46(30-48(76)92)82-50(94)33-79-69(110)59(61(117-9)73(114)115)90-64(105)43(23-18-19-27-75)83-67(108)47(31-54(100)101)85-63(104)38(6)80-51(95)34-91(8)72(57)113/h16-17,21-22,32,35-39,43-47,55-61,78,102H,10-15,18-20,23-31,33-34,75H2,1-9H3,(H2,76,92)(H2,77,103)(H,79,110)(H,80,95)(H,81,93)(H,82,94)(H,83,108)(H,84,107)(H,85,104)(H,86,109)(H,87,111)(H,88,112)(H,89,106)(H,90,105)(H,96,97)(H,98,99)(H,100,101)(H,114,115)/t35-,36-,37+,38-,39+,43+,44+,45-,46+,47-,55-,56-,57-,58-,59-,60+,61+/m0/s1. The summed E-state index contributed by atoms with van der Waals surface area (Å²) >= 11 is 0. The molecular weight excluding hydrogens is 1560 g/mol. The van der Waals surface area contributed by atoms with Crippen molar-refractivity contribution in [2.75, 3.05) is 33.8 Å². The van der Waals surface area contributed by atoms with Crippen LogP contribution in [0, 0.1) is 17.8 Å². The molecule has 2 heterocycles. The van der Waals surface area contributed by atoms with Gasteiger partial charge in [-0.1, -0.05) is 91.3 Å². The van der Waals surface area contributed by atoms with Gasteiger partial charge in [0.05, 0.1) is 32.4 Å². The van der Waals surface area contributed by atoms with Gasteiger partial charge in [0.1, 0.15) is 72.6 Å². The molecule has 15 amide bonds. The number of carbonyl (C=O) groups excluding carboxylic acids is 16. The minimum absolute atomic E-state index is 0.00432. The molecule has 24 N–H and O–H groups in total. The van der Waals surface area contributed by atoms with E-state index in [-0.39, 0.29) is 45.1 Å². The zero-order valence-electron chi connectivity index (χ0n) is 67.2. The zero-order chi connectivity index (χ0) is 89.0. The number of fused-ring (bicyclic) bond motifs is 1. The van der Waals surface area contributed by atoms with E-state index in [1.807, 2.05) is 10.6 Å². The number of cyclic esters (lactones) is 1. The van der Waals surface area contributed by atoms with Gasteiger partial charge in [0, 0.05) is 50.5 Å². The summed E-state index contributed by atoms with van der Waals surface area (Å²) in [5.41, 5.74) is 17.8. The van der Waals surface area contributed by atoms with Crippen molar-refractivity contribution in [3.8, 4) is 0 Å². The van der Waals surface area contributed by atoms with Crippen molar-refractivity contribution in [2.24, 2.45) is 35.0 Å². The van der Waals surface area contributed by atoms with Crippen molar-refractivity contribution >= 4 is 129 Å². The number of carbonyl (C=O) groups is 20. The average Bonchev–Trinajstić information content (AvgIpc) is 1.72. The Morgan fingerprint density at radius 1 is 0.619 bits per heavy atom. The summed E-state index contributed by atoms with van der Waals surface area (Å²) < 4.78 is 10.8. The highest BCUT2D eigenvalue weighted by Gasteiger charge is 2.44. The van der Waals surface area contributed by atoms with Gasteiger partial charge in [0.15, 0.2) is 12.2 Å². The molecule has 1 aromatic carbocycles. The number of carboxylic acids is 4. The Balaban J connectivity index is 2.30. The first kappa shape index (κ1) is 100. The minimum Gasteiger partial charge on any atom is -0.481 e. The SMILES string of the molecule is CC[C@H](C)CCCCCCC(=O)N[C@@H](Cc1c[nH]c2ccccc12)C(=O)N[C@H](CCC(=O)O)C(=O)N[C@H](C(=O)N[C@@H]1C(=O)N(C)CC(=O)N[C@@H](C)C(=O)N[C@@H](CC(=O)O)C(=O)N[C@H](CCCCN)C(=O)N[C@@H]([C@@H](OC)C(=O)O)C(=O)NCC(=O)N[C@H](CC(N)=O)C(=O)N[C@@H]([C@H](C)CC(=O)O)C(=O)N[C@@H]([C@@H](C)CC)C(=O)O[C@@H]1C)[C@@H](O)C(N)=O. The van der Waals surface area contributed by atoms with Crippen molar-refractivity contribution in [3.05, 3.63) is 36.0 Å². The van der Waals surface area contributed by atoms with Gasteiger partial charge in [0.25, 0.3) is 0 Å². The lowest BCUT2D eigenvalue weighted by atomic mass is 9.94. The third-order valence-electron chi connectivity index (χ3n) is 19.5. The lowest BCUT2D eigenvalue weighted by Gasteiger charge is -2.33. The molecule has 0 radical (unpaired) electrons. The van der Waals surface area contributed by atoms with Gasteiger partial charge < -0.3 is 126 Å². The van der Waals surface area contributed by atoms with E-state index in [2.05, 4.69) is 72.0 Å². The Kier molecular flexibility index (Phi) is 42.3. The van der Waals surface area contributed by atoms with E-state index in [1.165, 1.54) is 13.8 Å². The number of esters is 1. The van der Waals surface area contributed by atoms with Crippen LogP contribution in [0.2, 0.25) is 0 Å². The Bertz CT molecular complexity index is 3910. The Morgan fingerprint density at radius 3 is 1.83 bits per heavy atom. The number of carboxylic acid groups (broad SMARTS) is 4. The Morgan fingerprint density at radius 2 is 1.23 bits per heavy atom. The first-order valence-electron chi connectivity index (χ1n) is 38.4. The predicted octanol–water partition coefficient (Wildman–Crippen LogP) is -5.58. The third-order valence-corrected chi connectivity index (χ3v) is 19.5. The molecule has 1 aliphatic heterocycles. The number of nitrogens with two attached hydrogens (primary N) is 3. The number of primary amides is 2. The van der Waals surface area contributed by atoms with Gasteiger partial charge in [-0.15, -0.1) is 0 Å². The lowest BCUT2D eigenvalue weighted by molar-refractivity contribution is -0.159. The summed E-state index contributed by atoms with van der Waals surface area (Å²) in [5.74, 6) is -30.5. The van der Waals surface area contributed by atoms with E-state index in [0.717, 1.165) is 60.6 Å². The number of aromatic amines is 1. The fourth-order valence-electron chi connectivity index (χ4n) is 12.3. The largest absolute Gasteiger partial charge is 0.481 e. The van der Waals surface area contributed by atoms with Crippen LogP contribution in [0.3, 0.4) is 0 Å². The minimum atomic E-state index is -2.80. The smallest absolute Gasteiger partial charge is 0.335 e. The van der Waals surface area contributed by atoms with E-state index in [4.69, 9.17) is 26.7 Å². The number of aliphatic hydroxyl groups excluding tert-OH is 1. The molecule has 0 unspecified atom stereocenters. The molecule has 118 heavy (non-hydrogen) atoms. The van der Waals surface area contributed by atoms with E-state index < -0.39 is 260 Å². The van der Waals surface area contributed by atoms with Crippen LogP contribution < -0.4 is 81.0 Å². The summed E-state index contributed by atoms with van der Waals surface area (Å²) in [6, 6.07) is -15.7. The third kappa shape index (κ3) is 33.3. The Hall–Kier alpha value is -12.0. The second-order valence-corrected chi connectivity index (χ2v) is 29.0. The second kappa shape index (κ2) is 49.8. The number of unbranched alkanes of at least 4 members (excludes halogenated alkanes) is 4. The summed E-state index contributed by atoms with van der Waals surface area (Å²) in [6.45, 7) is 7.81. The number of nitrogens with one attached hydrogen (secondary N) is 13. The van der Waals surface area contributed by atoms with Gasteiger partial charge in [-0.25, -0.2) is 9.59 Å². The highest BCUT2D eigenvalue weighted by atomic mass is 16.5. The molecule has 656 valence electrons. The zero-order valence-corrected chi connectivity index (χ0v) is 67.2. The number of benzene rings is 1. The van der Waals surface area contributed by atoms with Crippen LogP contribution >= 0.6 is 0 Å². The number of aliphatic hydroxyl groups is 1. The molecule has 0 aliphatic carbocycles. The Labute approximate surface area is 678 Å². The fourth-order valence-corrected chi connectivity index (χ4v) is 12.3. The summed E-state index contributed by atoms with van der Waals surface area (Å²) in [7, 11) is 1.70. The highest BCUT2D eigenvalue weighted by molar-refractivity contribution is 6.03. The molecule has 17 atom stereocenters. The molecule has 1 aliphatic rings. The molecule has 3 rings (SSSR count). The molecule has 1 fully saturated rings. The molecular formula is C74H113N17O27. The maximum absolute atomic E-state index is 15.0. The number of likely N-dealkylation sites (N-methyl/N-ethyl adjacent to an activating group) is 1. The number of aromatic nitrogens is 1. The first-order chi connectivity index (χ1) is 55.5. The molecule has 1 aromatic heterocycles. The number of amides is 15. The average molecular weight is 1670 g/mol. The quantitative estimate of drug-likeness (QED) is 0.0220. The molecule has 2 aromatic rings. The van der Waals surface area contributed by atoms with Crippen LogP contribution in [0.5, 0.6) is 0 Å². The molecule has 1 saturated heterocycles. The highest BCUT2D eigenvalue weighted by Crippen LogP contribution is 2.22. The topological polar surface area (TPSA) is 702 Å². The molecule has 44 heteroatoms. The molecule has 0 saturated carbocycles. The number of methoxy groups -OCH3 is 1. The number of para-hydroxylation sites is 1. The second-order valence-electron chi connectivity index (χ2n) is 29.0. The van der Waals surface area contributed by atoms with Gasteiger partial charge in [-0.3, -0.25) is 86.3 Å².